The second-order valence-electron chi connectivity index (χ2n) is 4.22. The van der Waals surface area contributed by atoms with E-state index in [4.69, 9.17) is 0 Å². The SMILES string of the molecule is Cc1ncc([N+](=O)[O-])n1CC(O)c1ccc(F)c(F)c1. The summed E-state index contributed by atoms with van der Waals surface area (Å²) in [6.07, 6.45) is -0.135. The molecule has 0 spiro atoms. The number of halogens is 2. The Morgan fingerprint density at radius 2 is 2.15 bits per heavy atom. The molecule has 0 aliphatic heterocycles. The summed E-state index contributed by atoms with van der Waals surface area (Å²) in [5.74, 6) is -2.04. The molecule has 1 aromatic heterocycles. The maximum Gasteiger partial charge on any atom is 0.342 e. The summed E-state index contributed by atoms with van der Waals surface area (Å²) in [7, 11) is 0. The van der Waals surface area contributed by atoms with E-state index in [0.29, 0.717) is 5.82 Å². The first-order chi connectivity index (χ1) is 9.40. The Balaban J connectivity index is 2.27. The number of aryl methyl sites for hydroxylation is 1. The Morgan fingerprint density at radius 1 is 1.45 bits per heavy atom. The predicted octanol–water partition coefficient (Wildman–Crippen LogP) is 2.11. The van der Waals surface area contributed by atoms with E-state index in [1.54, 1.807) is 6.92 Å². The van der Waals surface area contributed by atoms with Crippen molar-refractivity contribution in [2.75, 3.05) is 0 Å². The number of hydrogen-bond acceptors (Lipinski definition) is 4. The van der Waals surface area contributed by atoms with E-state index < -0.39 is 22.7 Å². The second kappa shape index (κ2) is 5.33. The van der Waals surface area contributed by atoms with Gasteiger partial charge in [-0.1, -0.05) is 6.07 Å². The van der Waals surface area contributed by atoms with Gasteiger partial charge in [0.15, 0.2) is 17.5 Å². The van der Waals surface area contributed by atoms with Gasteiger partial charge in [0.05, 0.1) is 0 Å². The Morgan fingerprint density at radius 3 is 2.75 bits per heavy atom. The molecule has 1 heterocycles. The van der Waals surface area contributed by atoms with Crippen molar-refractivity contribution in [2.24, 2.45) is 0 Å². The van der Waals surface area contributed by atoms with E-state index in [9.17, 15) is 24.0 Å². The lowest BCUT2D eigenvalue weighted by Crippen LogP contribution is -2.12. The van der Waals surface area contributed by atoms with Crippen molar-refractivity contribution in [2.45, 2.75) is 19.6 Å². The summed E-state index contributed by atoms with van der Waals surface area (Å²) in [6.45, 7) is 1.37. The number of aliphatic hydroxyl groups excluding tert-OH is 1. The zero-order valence-electron chi connectivity index (χ0n) is 10.5. The minimum absolute atomic E-state index is 0.131. The molecule has 0 amide bonds. The van der Waals surface area contributed by atoms with Crippen molar-refractivity contribution >= 4 is 5.82 Å². The molecule has 0 fully saturated rings. The number of hydrogen-bond donors (Lipinski definition) is 1. The fourth-order valence-corrected chi connectivity index (χ4v) is 1.83. The first-order valence-corrected chi connectivity index (χ1v) is 5.69. The summed E-state index contributed by atoms with van der Waals surface area (Å²) < 4.78 is 27.1. The van der Waals surface area contributed by atoms with Gasteiger partial charge in [0.1, 0.15) is 18.8 Å². The van der Waals surface area contributed by atoms with Crippen molar-refractivity contribution in [1.29, 1.82) is 0 Å². The summed E-state index contributed by atoms with van der Waals surface area (Å²) in [5.41, 5.74) is 0.131. The molecule has 0 bridgehead atoms. The minimum atomic E-state index is -1.21. The third-order valence-electron chi connectivity index (χ3n) is 2.91. The lowest BCUT2D eigenvalue weighted by atomic mass is 10.1. The van der Waals surface area contributed by atoms with Crippen LogP contribution >= 0.6 is 0 Å². The van der Waals surface area contributed by atoms with Gasteiger partial charge in [0.2, 0.25) is 0 Å². The van der Waals surface area contributed by atoms with Gasteiger partial charge in [-0.15, -0.1) is 0 Å². The number of aliphatic hydroxyl groups is 1. The van der Waals surface area contributed by atoms with Crippen LogP contribution in [0.1, 0.15) is 17.5 Å². The zero-order valence-corrected chi connectivity index (χ0v) is 10.5. The Bertz CT molecular complexity index is 657. The molecule has 1 N–H and O–H groups in total. The molecule has 2 rings (SSSR count). The molecular weight excluding hydrogens is 272 g/mol. The average Bonchev–Trinajstić information content (AvgIpc) is 2.74. The molecule has 6 nitrogen and oxygen atoms in total. The highest BCUT2D eigenvalue weighted by atomic mass is 19.2. The lowest BCUT2D eigenvalue weighted by Gasteiger charge is -2.11. The highest BCUT2D eigenvalue weighted by molar-refractivity contribution is 5.23. The molecule has 8 heteroatoms. The maximum atomic E-state index is 13.1. The highest BCUT2D eigenvalue weighted by Crippen LogP contribution is 2.22. The Kier molecular flexibility index (Phi) is 3.75. The van der Waals surface area contributed by atoms with Gasteiger partial charge in [-0.25, -0.2) is 18.3 Å². The maximum absolute atomic E-state index is 13.1. The Labute approximate surface area is 112 Å². The van der Waals surface area contributed by atoms with Crippen LogP contribution in [0.4, 0.5) is 14.6 Å². The summed E-state index contributed by atoms with van der Waals surface area (Å²) in [6, 6.07) is 2.97. The summed E-state index contributed by atoms with van der Waals surface area (Å²) >= 11 is 0. The normalized spacial score (nSPS) is 12.4. The molecule has 1 atom stereocenters. The van der Waals surface area contributed by atoms with Gasteiger partial charge in [-0.3, -0.25) is 0 Å². The molecule has 0 aliphatic carbocycles. The van der Waals surface area contributed by atoms with Gasteiger partial charge in [0.25, 0.3) is 0 Å². The summed E-state index contributed by atoms with van der Waals surface area (Å²) in [4.78, 5) is 14.0. The number of imidazole rings is 1. The van der Waals surface area contributed by atoms with E-state index in [0.717, 1.165) is 18.3 Å². The molecule has 20 heavy (non-hydrogen) atoms. The molecule has 0 aliphatic rings. The van der Waals surface area contributed by atoms with Gasteiger partial charge >= 0.3 is 5.82 Å². The van der Waals surface area contributed by atoms with E-state index in [-0.39, 0.29) is 17.9 Å². The first kappa shape index (κ1) is 14.1. The molecular formula is C12H11F2N3O3. The van der Waals surface area contributed by atoms with Gasteiger partial charge in [0, 0.05) is 6.92 Å². The topological polar surface area (TPSA) is 81.2 Å². The van der Waals surface area contributed by atoms with Crippen LogP contribution in [-0.2, 0) is 6.54 Å². The van der Waals surface area contributed by atoms with E-state index in [1.165, 1.54) is 10.6 Å². The largest absolute Gasteiger partial charge is 0.384 e. The fourth-order valence-electron chi connectivity index (χ4n) is 1.83. The number of nitrogens with zero attached hydrogens (tertiary/aromatic N) is 3. The van der Waals surface area contributed by atoms with Crippen molar-refractivity contribution < 1.29 is 18.8 Å². The predicted molar refractivity (Wildman–Crippen MR) is 64.9 cm³/mol. The quantitative estimate of drug-likeness (QED) is 0.688. The molecule has 0 saturated carbocycles. The minimum Gasteiger partial charge on any atom is -0.384 e. The highest BCUT2D eigenvalue weighted by Gasteiger charge is 2.22. The van der Waals surface area contributed by atoms with E-state index >= 15 is 0 Å². The van der Waals surface area contributed by atoms with Crippen LogP contribution in [-0.4, -0.2) is 19.6 Å². The lowest BCUT2D eigenvalue weighted by molar-refractivity contribution is -0.392. The number of aromatic nitrogens is 2. The van der Waals surface area contributed by atoms with Crippen molar-refractivity contribution in [1.82, 2.24) is 9.55 Å². The van der Waals surface area contributed by atoms with Crippen LogP contribution in [0.25, 0.3) is 0 Å². The second-order valence-corrected chi connectivity index (χ2v) is 4.22. The third kappa shape index (κ3) is 2.64. The zero-order chi connectivity index (χ0) is 14.9. The van der Waals surface area contributed by atoms with Crippen LogP contribution in [0.15, 0.2) is 24.4 Å². The number of benzene rings is 1. The molecule has 0 radical (unpaired) electrons. The van der Waals surface area contributed by atoms with E-state index in [2.05, 4.69) is 4.98 Å². The van der Waals surface area contributed by atoms with Crippen LogP contribution in [0.3, 0.4) is 0 Å². The van der Waals surface area contributed by atoms with Crippen LogP contribution in [0.2, 0.25) is 0 Å². The fraction of sp³-hybridized carbons (Fsp3) is 0.250. The third-order valence-corrected chi connectivity index (χ3v) is 2.91. The van der Waals surface area contributed by atoms with Gasteiger partial charge in [-0.05, 0) is 22.6 Å². The summed E-state index contributed by atoms with van der Waals surface area (Å²) in [5, 5.41) is 20.8. The standard InChI is InChI=1S/C12H11F2N3O3/c1-7-15-5-12(17(19)20)16(7)6-11(18)8-2-3-9(13)10(14)4-8/h2-5,11,18H,6H2,1H3. The van der Waals surface area contributed by atoms with E-state index in [1.807, 2.05) is 0 Å². The van der Waals surface area contributed by atoms with Crippen molar-refractivity contribution in [3.05, 3.63) is 57.5 Å². The number of rotatable bonds is 4. The molecule has 2 aromatic rings. The first-order valence-electron chi connectivity index (χ1n) is 5.69. The van der Waals surface area contributed by atoms with Gasteiger partial charge in [-0.2, -0.15) is 0 Å². The number of nitro groups is 1. The molecule has 1 unspecified atom stereocenters. The molecule has 0 saturated heterocycles. The smallest absolute Gasteiger partial charge is 0.342 e. The van der Waals surface area contributed by atoms with Crippen molar-refractivity contribution in [3.8, 4) is 0 Å². The molecule has 106 valence electrons. The van der Waals surface area contributed by atoms with Crippen LogP contribution in [0, 0.1) is 28.7 Å². The van der Waals surface area contributed by atoms with Crippen LogP contribution < -0.4 is 0 Å². The van der Waals surface area contributed by atoms with Gasteiger partial charge < -0.3 is 15.2 Å². The monoisotopic (exact) mass is 283 g/mol. The van der Waals surface area contributed by atoms with Crippen LogP contribution in [0.5, 0.6) is 0 Å². The Hall–Kier alpha value is -2.35. The molecule has 1 aromatic carbocycles. The van der Waals surface area contributed by atoms with Crippen molar-refractivity contribution in [3.63, 3.8) is 0 Å². The average molecular weight is 283 g/mol.